The summed E-state index contributed by atoms with van der Waals surface area (Å²) in [6.07, 6.45) is 4.55. The Kier molecular flexibility index (Phi) is 4.39. The number of hydrogen-bond acceptors (Lipinski definition) is 3. The molecular weight excluding hydrogens is 280 g/mol. The molecule has 2 aromatic rings. The lowest BCUT2D eigenvalue weighted by Crippen LogP contribution is -2.11. The van der Waals surface area contributed by atoms with Crippen molar-refractivity contribution in [3.05, 3.63) is 47.0 Å². The molecule has 2 rings (SSSR count). The average Bonchev–Trinajstić information content (AvgIpc) is 2.77. The summed E-state index contributed by atoms with van der Waals surface area (Å²) in [6.45, 7) is 0.761. The first kappa shape index (κ1) is 13.8. The van der Waals surface area contributed by atoms with Gasteiger partial charge in [-0.2, -0.15) is 0 Å². The van der Waals surface area contributed by atoms with Crippen LogP contribution < -0.4 is 11.1 Å². The smallest absolute Gasteiger partial charge is 0.110 e. The van der Waals surface area contributed by atoms with Gasteiger partial charge in [-0.1, -0.05) is 23.8 Å². The summed E-state index contributed by atoms with van der Waals surface area (Å²) in [4.78, 5) is 4.61. The van der Waals surface area contributed by atoms with E-state index in [0.717, 1.165) is 30.0 Å². The highest BCUT2D eigenvalue weighted by Crippen LogP contribution is 2.22. The zero-order chi connectivity index (χ0) is 13.8. The summed E-state index contributed by atoms with van der Waals surface area (Å²) in [5.74, 6) is 1.03. The molecule has 0 unspecified atom stereocenters. The Morgan fingerprint density at radius 1 is 1.53 bits per heavy atom. The normalized spacial score (nSPS) is 10.4. The monoisotopic (exact) mass is 294 g/mol. The molecular formula is C13H15ClN4S. The number of imidazole rings is 1. The van der Waals surface area contributed by atoms with Gasteiger partial charge in [0.25, 0.3) is 0 Å². The zero-order valence-corrected chi connectivity index (χ0v) is 12.1. The van der Waals surface area contributed by atoms with E-state index in [1.54, 1.807) is 12.3 Å². The van der Waals surface area contributed by atoms with Gasteiger partial charge >= 0.3 is 0 Å². The van der Waals surface area contributed by atoms with Crippen LogP contribution in [-0.2, 0) is 13.5 Å². The van der Waals surface area contributed by atoms with E-state index in [2.05, 4.69) is 10.3 Å². The molecule has 0 saturated heterocycles. The first-order valence-corrected chi connectivity index (χ1v) is 6.66. The largest absolute Gasteiger partial charge is 0.389 e. The fourth-order valence-corrected chi connectivity index (χ4v) is 2.13. The molecule has 0 amide bonds. The molecule has 4 nitrogen and oxygen atoms in total. The number of thiocarbonyl (C=S) groups is 1. The minimum atomic E-state index is 0.349. The van der Waals surface area contributed by atoms with Gasteiger partial charge in [-0.15, -0.1) is 0 Å². The molecule has 0 atom stereocenters. The standard InChI is InChI=1S/C13H15ClN4S/c1-18-7-6-17-12(18)4-5-16-11-3-2-9(13(15)19)8-10(11)14/h2-3,6-8,16H,4-5H2,1H3,(H2,15,19). The predicted molar refractivity (Wildman–Crippen MR) is 82.7 cm³/mol. The van der Waals surface area contributed by atoms with E-state index < -0.39 is 0 Å². The number of rotatable bonds is 5. The summed E-state index contributed by atoms with van der Waals surface area (Å²) in [6, 6.07) is 5.51. The first-order valence-electron chi connectivity index (χ1n) is 5.87. The molecule has 0 radical (unpaired) electrons. The topological polar surface area (TPSA) is 55.9 Å². The molecule has 3 N–H and O–H groups in total. The Balaban J connectivity index is 1.96. The lowest BCUT2D eigenvalue weighted by Gasteiger charge is -2.09. The quantitative estimate of drug-likeness (QED) is 0.831. The van der Waals surface area contributed by atoms with Crippen molar-refractivity contribution in [1.82, 2.24) is 9.55 Å². The molecule has 0 aliphatic carbocycles. The Bertz CT molecular complexity index is 594. The molecule has 1 aromatic carbocycles. The fraction of sp³-hybridized carbons (Fsp3) is 0.231. The number of nitrogens with zero attached hydrogens (tertiary/aromatic N) is 2. The van der Waals surface area contributed by atoms with Crippen LogP contribution in [0.2, 0.25) is 5.02 Å². The van der Waals surface area contributed by atoms with Crippen molar-refractivity contribution in [1.29, 1.82) is 0 Å². The van der Waals surface area contributed by atoms with E-state index in [1.807, 2.05) is 29.9 Å². The Hall–Kier alpha value is -1.59. The number of nitrogens with two attached hydrogens (primary N) is 1. The summed E-state index contributed by atoms with van der Waals surface area (Å²) < 4.78 is 2.00. The molecule has 0 spiro atoms. The van der Waals surface area contributed by atoms with Gasteiger partial charge in [0.15, 0.2) is 0 Å². The van der Waals surface area contributed by atoms with Crippen LogP contribution >= 0.6 is 23.8 Å². The van der Waals surface area contributed by atoms with Crippen LogP contribution in [-0.4, -0.2) is 21.1 Å². The predicted octanol–water partition coefficient (Wildman–Crippen LogP) is 2.36. The van der Waals surface area contributed by atoms with E-state index >= 15 is 0 Å². The molecule has 0 fully saturated rings. The van der Waals surface area contributed by atoms with Crippen LogP contribution in [0.5, 0.6) is 0 Å². The highest BCUT2D eigenvalue weighted by atomic mass is 35.5. The van der Waals surface area contributed by atoms with Gasteiger partial charge in [-0.25, -0.2) is 4.98 Å². The Morgan fingerprint density at radius 3 is 2.89 bits per heavy atom. The van der Waals surface area contributed by atoms with Crippen molar-refractivity contribution in [3.8, 4) is 0 Å². The van der Waals surface area contributed by atoms with Gasteiger partial charge < -0.3 is 15.6 Å². The average molecular weight is 295 g/mol. The maximum atomic E-state index is 6.17. The van der Waals surface area contributed by atoms with E-state index in [1.165, 1.54) is 0 Å². The summed E-state index contributed by atoms with van der Waals surface area (Å²) in [7, 11) is 1.98. The van der Waals surface area contributed by atoms with Gasteiger partial charge in [0, 0.05) is 38.0 Å². The SMILES string of the molecule is Cn1ccnc1CCNc1ccc(C(N)=S)cc1Cl. The molecule has 0 bridgehead atoms. The molecule has 1 aromatic heterocycles. The highest BCUT2D eigenvalue weighted by Gasteiger charge is 2.04. The molecule has 19 heavy (non-hydrogen) atoms. The fourth-order valence-electron chi connectivity index (χ4n) is 1.76. The lowest BCUT2D eigenvalue weighted by atomic mass is 10.2. The van der Waals surface area contributed by atoms with Gasteiger partial charge in [0.05, 0.1) is 10.7 Å². The number of hydrogen-bond donors (Lipinski definition) is 2. The van der Waals surface area contributed by atoms with Crippen LogP contribution in [0, 0.1) is 0 Å². The third-order valence-corrected chi connectivity index (χ3v) is 3.39. The lowest BCUT2D eigenvalue weighted by molar-refractivity contribution is 0.790. The van der Waals surface area contributed by atoms with Gasteiger partial charge in [0.1, 0.15) is 10.8 Å². The summed E-state index contributed by atoms with van der Waals surface area (Å²) >= 11 is 11.1. The maximum absolute atomic E-state index is 6.17. The number of anilines is 1. The molecule has 100 valence electrons. The van der Waals surface area contributed by atoms with E-state index in [-0.39, 0.29) is 0 Å². The van der Waals surface area contributed by atoms with E-state index in [0.29, 0.717) is 10.0 Å². The van der Waals surface area contributed by atoms with Crippen LogP contribution in [0.1, 0.15) is 11.4 Å². The van der Waals surface area contributed by atoms with Crippen LogP contribution in [0.4, 0.5) is 5.69 Å². The van der Waals surface area contributed by atoms with Crippen LogP contribution in [0.3, 0.4) is 0 Å². The first-order chi connectivity index (χ1) is 9.08. The molecule has 0 aliphatic rings. The van der Waals surface area contributed by atoms with E-state index in [4.69, 9.17) is 29.6 Å². The van der Waals surface area contributed by atoms with Gasteiger partial charge in [-0.3, -0.25) is 0 Å². The second-order valence-corrected chi connectivity index (χ2v) is 5.04. The minimum Gasteiger partial charge on any atom is -0.389 e. The molecule has 1 heterocycles. The van der Waals surface area contributed by atoms with Gasteiger partial charge in [-0.05, 0) is 18.2 Å². The van der Waals surface area contributed by atoms with Crippen molar-refractivity contribution < 1.29 is 0 Å². The van der Waals surface area contributed by atoms with E-state index in [9.17, 15) is 0 Å². The van der Waals surface area contributed by atoms with Crippen molar-refractivity contribution in [2.75, 3.05) is 11.9 Å². The second-order valence-electron chi connectivity index (χ2n) is 4.19. The van der Waals surface area contributed by atoms with Crippen LogP contribution in [0.25, 0.3) is 0 Å². The molecule has 6 heteroatoms. The van der Waals surface area contributed by atoms with Gasteiger partial charge in [0.2, 0.25) is 0 Å². The summed E-state index contributed by atoms with van der Waals surface area (Å²) in [5, 5.41) is 3.89. The minimum absolute atomic E-state index is 0.349. The van der Waals surface area contributed by atoms with Crippen molar-refractivity contribution in [2.45, 2.75) is 6.42 Å². The maximum Gasteiger partial charge on any atom is 0.110 e. The third kappa shape index (κ3) is 3.45. The Labute approximate surface area is 122 Å². The Morgan fingerprint density at radius 2 is 2.32 bits per heavy atom. The summed E-state index contributed by atoms with van der Waals surface area (Å²) in [5.41, 5.74) is 7.20. The van der Waals surface area contributed by atoms with Crippen molar-refractivity contribution >= 4 is 34.5 Å². The number of aromatic nitrogens is 2. The second kappa shape index (κ2) is 6.04. The van der Waals surface area contributed by atoms with Crippen LogP contribution in [0.15, 0.2) is 30.6 Å². The number of benzene rings is 1. The molecule has 0 saturated carbocycles. The number of nitrogens with one attached hydrogen (secondary N) is 1. The van der Waals surface area contributed by atoms with Crippen molar-refractivity contribution in [2.24, 2.45) is 12.8 Å². The number of halogens is 1. The highest BCUT2D eigenvalue weighted by molar-refractivity contribution is 7.80. The molecule has 0 aliphatic heterocycles. The zero-order valence-electron chi connectivity index (χ0n) is 10.6. The van der Waals surface area contributed by atoms with Crippen molar-refractivity contribution in [3.63, 3.8) is 0 Å². The number of aryl methyl sites for hydroxylation is 1. The third-order valence-electron chi connectivity index (χ3n) is 2.84.